The minimum Gasteiger partial charge on any atom is -0.355 e. The van der Waals surface area contributed by atoms with E-state index in [9.17, 15) is 0 Å². The second-order valence-electron chi connectivity index (χ2n) is 6.73. The zero-order valence-corrected chi connectivity index (χ0v) is 13.5. The lowest BCUT2D eigenvalue weighted by Crippen LogP contribution is -2.44. The highest BCUT2D eigenvalue weighted by Crippen LogP contribution is 2.30. The lowest BCUT2D eigenvalue weighted by atomic mass is 9.95. The molecule has 22 heavy (non-hydrogen) atoms. The van der Waals surface area contributed by atoms with Crippen LogP contribution < -0.4 is 4.90 Å². The van der Waals surface area contributed by atoms with Crippen molar-refractivity contribution >= 4 is 5.82 Å². The van der Waals surface area contributed by atoms with Crippen LogP contribution in [0.5, 0.6) is 0 Å². The minimum atomic E-state index is 0.510. The average molecular weight is 296 g/mol. The Hall–Kier alpha value is -1.86. The molecule has 4 heterocycles. The number of piperidine rings is 1. The van der Waals surface area contributed by atoms with Gasteiger partial charge in [0.05, 0.1) is 0 Å². The fourth-order valence-corrected chi connectivity index (χ4v) is 3.55. The average Bonchev–Trinajstić information content (AvgIpc) is 2.84. The molecule has 3 aliphatic heterocycles. The zero-order chi connectivity index (χ0) is 15.5. The summed E-state index contributed by atoms with van der Waals surface area (Å²) in [6.45, 7) is 8.66. The molecular weight excluding hydrogens is 272 g/mol. The maximum atomic E-state index is 9.05. The number of fused-ring (bicyclic) bond motifs is 4. The standard InChI is InChI=1S/C18H24N4/c1-14(2)8-9-21-11-15-6-7-17(21)13-22(12-15)18-5-3-4-16(10-19)20-18/h3-5,8,15,17H,6-7,9,11-13H2,1-2H3/t15-,17-/m0/s1. The van der Waals surface area contributed by atoms with E-state index in [4.69, 9.17) is 5.26 Å². The Morgan fingerprint density at radius 1 is 1.32 bits per heavy atom. The van der Waals surface area contributed by atoms with Crippen LogP contribution in [0.25, 0.3) is 0 Å². The van der Waals surface area contributed by atoms with Crippen molar-refractivity contribution in [1.29, 1.82) is 5.26 Å². The van der Waals surface area contributed by atoms with Gasteiger partial charge in [0.15, 0.2) is 0 Å². The van der Waals surface area contributed by atoms with E-state index < -0.39 is 0 Å². The fraction of sp³-hybridized carbons (Fsp3) is 0.556. The molecule has 3 aliphatic rings. The van der Waals surface area contributed by atoms with Gasteiger partial charge in [-0.25, -0.2) is 4.98 Å². The summed E-state index contributed by atoms with van der Waals surface area (Å²) in [6, 6.07) is 8.49. The molecule has 3 saturated heterocycles. The molecule has 4 nitrogen and oxygen atoms in total. The first-order valence-electron chi connectivity index (χ1n) is 8.15. The largest absolute Gasteiger partial charge is 0.355 e. The van der Waals surface area contributed by atoms with Crippen molar-refractivity contribution in [1.82, 2.24) is 9.88 Å². The van der Waals surface area contributed by atoms with E-state index in [1.807, 2.05) is 12.1 Å². The Morgan fingerprint density at radius 2 is 2.18 bits per heavy atom. The van der Waals surface area contributed by atoms with Gasteiger partial charge in [0, 0.05) is 32.2 Å². The highest BCUT2D eigenvalue weighted by Gasteiger charge is 2.34. The van der Waals surface area contributed by atoms with Crippen LogP contribution in [0.2, 0.25) is 0 Å². The summed E-state index contributed by atoms with van der Waals surface area (Å²) in [7, 11) is 0. The minimum absolute atomic E-state index is 0.510. The van der Waals surface area contributed by atoms with Crippen molar-refractivity contribution in [2.24, 2.45) is 5.92 Å². The van der Waals surface area contributed by atoms with Gasteiger partial charge >= 0.3 is 0 Å². The van der Waals surface area contributed by atoms with Gasteiger partial charge < -0.3 is 4.90 Å². The smallest absolute Gasteiger partial charge is 0.142 e. The third-order valence-corrected chi connectivity index (χ3v) is 4.73. The molecule has 3 fully saturated rings. The third kappa shape index (κ3) is 3.31. The summed E-state index contributed by atoms with van der Waals surface area (Å²) in [5.41, 5.74) is 1.90. The van der Waals surface area contributed by atoms with Gasteiger partial charge in [-0.3, -0.25) is 4.90 Å². The fourth-order valence-electron chi connectivity index (χ4n) is 3.55. The molecule has 116 valence electrons. The van der Waals surface area contributed by atoms with Crippen LogP contribution in [0.4, 0.5) is 5.82 Å². The summed E-state index contributed by atoms with van der Waals surface area (Å²) >= 11 is 0. The maximum Gasteiger partial charge on any atom is 0.142 e. The van der Waals surface area contributed by atoms with E-state index in [2.05, 4.69) is 40.8 Å². The van der Waals surface area contributed by atoms with Crippen molar-refractivity contribution in [2.45, 2.75) is 32.7 Å². The molecule has 0 amide bonds. The van der Waals surface area contributed by atoms with Crippen LogP contribution in [0, 0.1) is 17.2 Å². The highest BCUT2D eigenvalue weighted by molar-refractivity contribution is 5.42. The predicted molar refractivity (Wildman–Crippen MR) is 88.7 cm³/mol. The number of anilines is 1. The molecule has 1 aromatic heterocycles. The summed E-state index contributed by atoms with van der Waals surface area (Å²) in [6.07, 6.45) is 4.92. The Labute approximate surface area is 133 Å². The monoisotopic (exact) mass is 296 g/mol. The normalized spacial score (nSPS) is 24.7. The van der Waals surface area contributed by atoms with Gasteiger partial charge in [-0.1, -0.05) is 17.7 Å². The summed E-state index contributed by atoms with van der Waals surface area (Å²) in [5, 5.41) is 9.05. The number of hydrogen-bond acceptors (Lipinski definition) is 4. The molecular formula is C18H24N4. The predicted octanol–water partition coefficient (Wildman–Crippen LogP) is 2.82. The van der Waals surface area contributed by atoms with Crippen LogP contribution >= 0.6 is 0 Å². The second-order valence-corrected chi connectivity index (χ2v) is 6.73. The molecule has 0 radical (unpaired) electrons. The van der Waals surface area contributed by atoms with Crippen molar-refractivity contribution < 1.29 is 0 Å². The molecule has 0 unspecified atom stereocenters. The topological polar surface area (TPSA) is 43.2 Å². The van der Waals surface area contributed by atoms with Gasteiger partial charge in [-0.2, -0.15) is 5.26 Å². The van der Waals surface area contributed by atoms with Crippen molar-refractivity contribution in [3.05, 3.63) is 35.5 Å². The lowest BCUT2D eigenvalue weighted by molar-refractivity contribution is 0.149. The summed E-state index contributed by atoms with van der Waals surface area (Å²) in [4.78, 5) is 9.49. The first kappa shape index (κ1) is 15.1. The quantitative estimate of drug-likeness (QED) is 0.805. The van der Waals surface area contributed by atoms with Gasteiger partial charge in [0.1, 0.15) is 17.6 Å². The van der Waals surface area contributed by atoms with Gasteiger partial charge in [0.25, 0.3) is 0 Å². The van der Waals surface area contributed by atoms with Gasteiger partial charge in [-0.05, 0) is 44.7 Å². The van der Waals surface area contributed by atoms with E-state index in [1.165, 1.54) is 25.0 Å². The Bertz CT molecular complexity index is 597. The van der Waals surface area contributed by atoms with Gasteiger partial charge in [0.2, 0.25) is 0 Å². The number of nitriles is 1. The van der Waals surface area contributed by atoms with E-state index in [0.29, 0.717) is 17.7 Å². The summed E-state index contributed by atoms with van der Waals surface area (Å²) in [5.74, 6) is 1.66. The van der Waals surface area contributed by atoms with Crippen LogP contribution in [0.15, 0.2) is 29.8 Å². The number of allylic oxidation sites excluding steroid dienone is 1. The number of rotatable bonds is 3. The number of aromatic nitrogens is 1. The van der Waals surface area contributed by atoms with E-state index in [1.54, 1.807) is 6.07 Å². The number of nitrogens with zero attached hydrogens (tertiary/aromatic N) is 4. The number of hydrogen-bond donors (Lipinski definition) is 0. The molecule has 2 bridgehead atoms. The molecule has 4 rings (SSSR count). The lowest BCUT2D eigenvalue weighted by Gasteiger charge is -2.35. The SMILES string of the molecule is CC(C)=CCN1C[C@@H]2CC[C@H]1CN(c1cccc(C#N)n1)C2. The van der Waals surface area contributed by atoms with Crippen LogP contribution in [0.1, 0.15) is 32.4 Å². The van der Waals surface area contributed by atoms with E-state index in [-0.39, 0.29) is 0 Å². The molecule has 0 aromatic carbocycles. The second kappa shape index (κ2) is 6.50. The Morgan fingerprint density at radius 3 is 2.95 bits per heavy atom. The van der Waals surface area contributed by atoms with Crippen molar-refractivity contribution in [2.75, 3.05) is 31.1 Å². The molecule has 1 aromatic rings. The Balaban J connectivity index is 1.77. The Kier molecular flexibility index (Phi) is 4.44. The van der Waals surface area contributed by atoms with E-state index in [0.717, 1.165) is 25.5 Å². The molecule has 0 spiro atoms. The van der Waals surface area contributed by atoms with Crippen LogP contribution in [-0.2, 0) is 0 Å². The van der Waals surface area contributed by atoms with E-state index >= 15 is 0 Å². The van der Waals surface area contributed by atoms with Crippen molar-refractivity contribution in [3.8, 4) is 6.07 Å². The summed E-state index contributed by atoms with van der Waals surface area (Å²) < 4.78 is 0. The first-order valence-corrected chi connectivity index (χ1v) is 8.15. The molecule has 0 N–H and O–H groups in total. The van der Waals surface area contributed by atoms with Crippen LogP contribution in [-0.4, -0.2) is 42.1 Å². The molecule has 0 aliphatic carbocycles. The molecule has 4 heteroatoms. The zero-order valence-electron chi connectivity index (χ0n) is 13.5. The van der Waals surface area contributed by atoms with Crippen LogP contribution in [0.3, 0.4) is 0 Å². The molecule has 0 saturated carbocycles. The van der Waals surface area contributed by atoms with Crippen molar-refractivity contribution in [3.63, 3.8) is 0 Å². The highest BCUT2D eigenvalue weighted by atomic mass is 15.3. The first-order chi connectivity index (χ1) is 10.7. The van der Waals surface area contributed by atoms with Gasteiger partial charge in [-0.15, -0.1) is 0 Å². The molecule has 2 atom stereocenters. The third-order valence-electron chi connectivity index (χ3n) is 4.73. The maximum absolute atomic E-state index is 9.05. The number of pyridine rings is 1.